The molecule has 2 amide bonds. The van der Waals surface area contributed by atoms with Crippen LogP contribution in [0.3, 0.4) is 0 Å². The smallest absolute Gasteiger partial charge is 0.226 e. The SMILES string of the molecule is Cc1ccc2ccc(NC(=O)CCN(C)CCC(=O)Nc3ccc4ccc(C)nc4n3)nc2n1. The van der Waals surface area contributed by atoms with E-state index in [1.54, 1.807) is 12.1 Å². The minimum absolute atomic E-state index is 0.140. The summed E-state index contributed by atoms with van der Waals surface area (Å²) in [6, 6.07) is 15.1. The predicted octanol–water partition coefficient (Wildman–Crippen LogP) is 3.48. The van der Waals surface area contributed by atoms with E-state index in [1.807, 2.05) is 62.2 Å². The van der Waals surface area contributed by atoms with Crippen LogP contribution in [0.1, 0.15) is 24.2 Å². The van der Waals surface area contributed by atoms with Crippen molar-refractivity contribution in [1.29, 1.82) is 0 Å². The number of carbonyl (C=O) groups is 2. The third-order valence-corrected chi connectivity index (χ3v) is 5.36. The second-order valence-corrected chi connectivity index (χ2v) is 8.29. The van der Waals surface area contributed by atoms with Crippen LogP contribution in [0.5, 0.6) is 0 Å². The van der Waals surface area contributed by atoms with Crippen molar-refractivity contribution < 1.29 is 9.59 Å². The monoisotopic (exact) mass is 457 g/mol. The highest BCUT2D eigenvalue weighted by molar-refractivity contribution is 5.92. The molecule has 0 fully saturated rings. The van der Waals surface area contributed by atoms with Crippen LogP contribution >= 0.6 is 0 Å². The summed E-state index contributed by atoms with van der Waals surface area (Å²) in [7, 11) is 1.88. The van der Waals surface area contributed by atoms with Gasteiger partial charge in [0, 0.05) is 48.1 Å². The third kappa shape index (κ3) is 6.08. The van der Waals surface area contributed by atoms with E-state index in [0.717, 1.165) is 22.2 Å². The largest absolute Gasteiger partial charge is 0.311 e. The molecular formula is C25H27N7O2. The van der Waals surface area contributed by atoms with E-state index in [0.29, 0.717) is 36.0 Å². The number of aromatic nitrogens is 4. The molecule has 2 N–H and O–H groups in total. The van der Waals surface area contributed by atoms with Gasteiger partial charge in [0.15, 0.2) is 11.3 Å². The molecule has 4 heterocycles. The van der Waals surface area contributed by atoms with E-state index in [9.17, 15) is 9.59 Å². The lowest BCUT2D eigenvalue weighted by molar-refractivity contribution is -0.116. The van der Waals surface area contributed by atoms with Gasteiger partial charge >= 0.3 is 0 Å². The summed E-state index contributed by atoms with van der Waals surface area (Å²) in [6.07, 6.45) is 0.576. The van der Waals surface area contributed by atoms with Crippen molar-refractivity contribution in [3.8, 4) is 0 Å². The quantitative estimate of drug-likeness (QED) is 0.416. The van der Waals surface area contributed by atoms with Gasteiger partial charge in [0.2, 0.25) is 11.8 Å². The van der Waals surface area contributed by atoms with Crippen molar-refractivity contribution in [3.63, 3.8) is 0 Å². The van der Waals surface area contributed by atoms with Crippen LogP contribution in [0.2, 0.25) is 0 Å². The van der Waals surface area contributed by atoms with Gasteiger partial charge in [-0.3, -0.25) is 9.59 Å². The van der Waals surface area contributed by atoms with Crippen LogP contribution in [0.25, 0.3) is 22.1 Å². The predicted molar refractivity (Wildman–Crippen MR) is 133 cm³/mol. The summed E-state index contributed by atoms with van der Waals surface area (Å²) in [5.41, 5.74) is 2.95. The Morgan fingerprint density at radius 2 is 1.09 bits per heavy atom. The molecule has 34 heavy (non-hydrogen) atoms. The number of carbonyl (C=O) groups excluding carboxylic acids is 2. The number of amides is 2. The Morgan fingerprint density at radius 3 is 1.53 bits per heavy atom. The first-order valence-electron chi connectivity index (χ1n) is 11.1. The number of nitrogens with one attached hydrogen (secondary N) is 2. The van der Waals surface area contributed by atoms with E-state index in [2.05, 4.69) is 30.6 Å². The van der Waals surface area contributed by atoms with Crippen molar-refractivity contribution in [2.45, 2.75) is 26.7 Å². The van der Waals surface area contributed by atoms with Crippen LogP contribution in [-0.2, 0) is 9.59 Å². The topological polar surface area (TPSA) is 113 Å². The average molecular weight is 458 g/mol. The summed E-state index contributed by atoms with van der Waals surface area (Å²) in [5.74, 6) is 0.674. The Bertz CT molecular complexity index is 1250. The lowest BCUT2D eigenvalue weighted by Crippen LogP contribution is -2.28. The van der Waals surface area contributed by atoms with Gasteiger partial charge in [-0.05, 0) is 69.4 Å². The van der Waals surface area contributed by atoms with Crippen molar-refractivity contribution in [2.24, 2.45) is 0 Å². The van der Waals surface area contributed by atoms with Gasteiger partial charge in [-0.25, -0.2) is 19.9 Å². The fourth-order valence-corrected chi connectivity index (χ4v) is 3.43. The van der Waals surface area contributed by atoms with Gasteiger partial charge in [0.1, 0.15) is 11.6 Å². The van der Waals surface area contributed by atoms with Crippen molar-refractivity contribution in [2.75, 3.05) is 30.8 Å². The summed E-state index contributed by atoms with van der Waals surface area (Å²) in [6.45, 7) is 4.83. The Hall–Kier alpha value is -3.98. The van der Waals surface area contributed by atoms with Crippen LogP contribution < -0.4 is 10.6 Å². The standard InChI is InChI=1S/C25H27N7O2/c1-16-4-6-18-8-10-20(30-24(18)26-16)28-22(33)12-14-32(3)15-13-23(34)29-21-11-9-19-7-5-17(2)27-25(19)31-21/h4-11H,12-15H2,1-3H3,(H,26,28,30,33)(H,27,29,31,34). The minimum atomic E-state index is -0.140. The zero-order valence-corrected chi connectivity index (χ0v) is 19.5. The lowest BCUT2D eigenvalue weighted by Gasteiger charge is -2.16. The van der Waals surface area contributed by atoms with Crippen molar-refractivity contribution in [3.05, 3.63) is 59.9 Å². The normalized spacial score (nSPS) is 11.2. The first-order chi connectivity index (χ1) is 16.4. The van der Waals surface area contributed by atoms with Crippen LogP contribution in [0.15, 0.2) is 48.5 Å². The zero-order chi connectivity index (χ0) is 24.1. The number of hydrogen-bond donors (Lipinski definition) is 2. The van der Waals surface area contributed by atoms with Gasteiger partial charge in [-0.2, -0.15) is 0 Å². The summed E-state index contributed by atoms with van der Waals surface area (Å²) in [5, 5.41) is 7.48. The number of hydrogen-bond acceptors (Lipinski definition) is 7. The maximum Gasteiger partial charge on any atom is 0.226 e. The Labute approximate surface area is 197 Å². The van der Waals surface area contributed by atoms with Gasteiger partial charge in [0.05, 0.1) is 0 Å². The number of fused-ring (bicyclic) bond motifs is 2. The second kappa shape index (κ2) is 10.3. The molecule has 4 aromatic rings. The Morgan fingerprint density at radius 1 is 0.676 bits per heavy atom. The molecule has 0 atom stereocenters. The summed E-state index contributed by atoms with van der Waals surface area (Å²) >= 11 is 0. The van der Waals surface area contributed by atoms with Gasteiger partial charge in [0.25, 0.3) is 0 Å². The van der Waals surface area contributed by atoms with Crippen molar-refractivity contribution in [1.82, 2.24) is 24.8 Å². The molecule has 0 unspecified atom stereocenters. The summed E-state index contributed by atoms with van der Waals surface area (Å²) in [4.78, 5) is 44.2. The Balaban J connectivity index is 1.22. The molecule has 0 saturated carbocycles. The van der Waals surface area contributed by atoms with E-state index in [4.69, 9.17) is 0 Å². The van der Waals surface area contributed by atoms with E-state index >= 15 is 0 Å². The molecule has 4 aromatic heterocycles. The number of nitrogens with zero attached hydrogens (tertiary/aromatic N) is 5. The molecule has 9 nitrogen and oxygen atoms in total. The fourth-order valence-electron chi connectivity index (χ4n) is 3.43. The molecule has 0 bridgehead atoms. The highest BCUT2D eigenvalue weighted by Gasteiger charge is 2.10. The van der Waals surface area contributed by atoms with Gasteiger partial charge < -0.3 is 15.5 Å². The second-order valence-electron chi connectivity index (χ2n) is 8.29. The van der Waals surface area contributed by atoms with Crippen LogP contribution in [0, 0.1) is 13.8 Å². The lowest BCUT2D eigenvalue weighted by atomic mass is 10.2. The summed E-state index contributed by atoms with van der Waals surface area (Å²) < 4.78 is 0. The molecule has 0 aliphatic rings. The first kappa shape index (κ1) is 23.2. The molecule has 0 aliphatic carbocycles. The average Bonchev–Trinajstić information content (AvgIpc) is 2.81. The highest BCUT2D eigenvalue weighted by Crippen LogP contribution is 2.15. The van der Waals surface area contributed by atoms with Gasteiger partial charge in [-0.15, -0.1) is 0 Å². The minimum Gasteiger partial charge on any atom is -0.311 e. The molecule has 0 saturated heterocycles. The fraction of sp³-hybridized carbons (Fsp3) is 0.280. The van der Waals surface area contributed by atoms with E-state index in [1.165, 1.54) is 0 Å². The molecule has 0 aromatic carbocycles. The molecule has 0 spiro atoms. The maximum absolute atomic E-state index is 12.3. The number of anilines is 2. The number of pyridine rings is 4. The molecule has 174 valence electrons. The van der Waals surface area contributed by atoms with E-state index < -0.39 is 0 Å². The zero-order valence-electron chi connectivity index (χ0n) is 19.5. The molecule has 0 aliphatic heterocycles. The van der Waals surface area contributed by atoms with Crippen molar-refractivity contribution >= 4 is 45.5 Å². The van der Waals surface area contributed by atoms with Gasteiger partial charge in [-0.1, -0.05) is 0 Å². The Kier molecular flexibility index (Phi) is 7.03. The molecular weight excluding hydrogens is 430 g/mol. The number of aryl methyl sites for hydroxylation is 2. The number of rotatable bonds is 8. The molecule has 4 rings (SSSR count). The van der Waals surface area contributed by atoms with E-state index in [-0.39, 0.29) is 24.7 Å². The van der Waals surface area contributed by atoms with Crippen LogP contribution in [0.4, 0.5) is 11.6 Å². The molecule has 9 heteroatoms. The third-order valence-electron chi connectivity index (χ3n) is 5.36. The maximum atomic E-state index is 12.3. The van der Waals surface area contributed by atoms with Crippen LogP contribution in [-0.4, -0.2) is 56.8 Å². The highest BCUT2D eigenvalue weighted by atomic mass is 16.2. The molecule has 0 radical (unpaired) electrons. The first-order valence-corrected chi connectivity index (χ1v) is 11.1.